The van der Waals surface area contributed by atoms with Crippen LogP contribution in [0.3, 0.4) is 0 Å². The Labute approximate surface area is 90.5 Å². The summed E-state index contributed by atoms with van der Waals surface area (Å²) >= 11 is 0. The maximum atomic E-state index is 2.47. The highest BCUT2D eigenvalue weighted by atomic mass is 14.5. The Morgan fingerprint density at radius 3 is 2.00 bits per heavy atom. The number of fused-ring (bicyclic) bond motifs is 2. The highest BCUT2D eigenvalue weighted by Gasteiger charge is 2.48. The minimum Gasteiger partial charge on any atom is -0.0683 e. The van der Waals surface area contributed by atoms with Crippen molar-refractivity contribution in [2.75, 3.05) is 0 Å². The molecule has 14 heavy (non-hydrogen) atoms. The van der Waals surface area contributed by atoms with Crippen LogP contribution in [-0.2, 0) is 0 Å². The third-order valence-corrected chi connectivity index (χ3v) is 4.63. The van der Waals surface area contributed by atoms with Crippen molar-refractivity contribution in [3.63, 3.8) is 0 Å². The first-order valence-corrected chi connectivity index (χ1v) is 6.77. The molecule has 0 aliphatic heterocycles. The molecule has 5 atom stereocenters. The summed E-state index contributed by atoms with van der Waals surface area (Å²) in [4.78, 5) is 0. The second-order valence-electron chi connectivity index (χ2n) is 5.02. The molecular formula is C14H28. The first kappa shape index (κ1) is 12.1. The molecule has 84 valence electrons. The molecule has 0 spiro atoms. The standard InChI is InChI=1S/C12H22.C2H6/c1-4-10-9-6-8(3)12(7-9)11(10)5-2;1-2/h8-12H,4-7H2,1-3H3;1-2H3. The maximum Gasteiger partial charge on any atom is -0.0355 e. The Kier molecular flexibility index (Phi) is 4.47. The molecule has 0 aromatic carbocycles. The van der Waals surface area contributed by atoms with E-state index in [1.54, 1.807) is 12.8 Å². The van der Waals surface area contributed by atoms with E-state index in [1.807, 2.05) is 13.8 Å². The Morgan fingerprint density at radius 1 is 0.929 bits per heavy atom. The number of hydrogen-bond donors (Lipinski definition) is 0. The number of hydrogen-bond acceptors (Lipinski definition) is 0. The van der Waals surface area contributed by atoms with Gasteiger partial charge in [-0.1, -0.05) is 47.5 Å². The van der Waals surface area contributed by atoms with Crippen molar-refractivity contribution in [1.29, 1.82) is 0 Å². The Bertz CT molecular complexity index is 159. The second kappa shape index (κ2) is 5.19. The van der Waals surface area contributed by atoms with E-state index < -0.39 is 0 Å². The van der Waals surface area contributed by atoms with Crippen LogP contribution in [0, 0.1) is 29.6 Å². The molecule has 0 saturated heterocycles. The molecule has 0 radical (unpaired) electrons. The molecule has 2 saturated carbocycles. The molecule has 0 heteroatoms. The molecule has 2 rings (SSSR count). The normalized spacial score (nSPS) is 44.8. The molecule has 5 unspecified atom stereocenters. The third kappa shape index (κ3) is 1.85. The van der Waals surface area contributed by atoms with Gasteiger partial charge in [0.1, 0.15) is 0 Å². The van der Waals surface area contributed by atoms with Crippen LogP contribution in [0.2, 0.25) is 0 Å². The highest BCUT2D eigenvalue weighted by molar-refractivity contribution is 4.98. The third-order valence-electron chi connectivity index (χ3n) is 4.63. The lowest BCUT2D eigenvalue weighted by Gasteiger charge is -2.33. The van der Waals surface area contributed by atoms with Crippen molar-refractivity contribution in [2.24, 2.45) is 29.6 Å². The molecule has 2 aliphatic carbocycles. The van der Waals surface area contributed by atoms with Crippen LogP contribution in [-0.4, -0.2) is 0 Å². The van der Waals surface area contributed by atoms with Gasteiger partial charge in [0.15, 0.2) is 0 Å². The Hall–Kier alpha value is 0. The van der Waals surface area contributed by atoms with Crippen LogP contribution in [0.5, 0.6) is 0 Å². The highest BCUT2D eigenvalue weighted by Crippen LogP contribution is 2.57. The fourth-order valence-corrected chi connectivity index (χ4v) is 4.19. The van der Waals surface area contributed by atoms with E-state index in [0.717, 1.165) is 29.6 Å². The molecule has 0 nitrogen and oxygen atoms in total. The van der Waals surface area contributed by atoms with Crippen molar-refractivity contribution in [3.8, 4) is 0 Å². The quantitative estimate of drug-likeness (QED) is 0.598. The second-order valence-corrected chi connectivity index (χ2v) is 5.02. The van der Waals surface area contributed by atoms with E-state index in [0.29, 0.717) is 0 Å². The van der Waals surface area contributed by atoms with Gasteiger partial charge in [0, 0.05) is 0 Å². The van der Waals surface area contributed by atoms with Crippen LogP contribution in [0.15, 0.2) is 0 Å². The van der Waals surface area contributed by atoms with E-state index in [4.69, 9.17) is 0 Å². The summed E-state index contributed by atoms with van der Waals surface area (Å²) in [5, 5.41) is 0. The van der Waals surface area contributed by atoms with Gasteiger partial charge >= 0.3 is 0 Å². The molecule has 0 N–H and O–H groups in total. The van der Waals surface area contributed by atoms with Gasteiger partial charge in [-0.2, -0.15) is 0 Å². The largest absolute Gasteiger partial charge is 0.0683 e. The molecular weight excluding hydrogens is 168 g/mol. The zero-order chi connectivity index (χ0) is 10.7. The van der Waals surface area contributed by atoms with Gasteiger partial charge in [-0.3, -0.25) is 0 Å². The predicted octanol–water partition coefficient (Wildman–Crippen LogP) is 4.74. The summed E-state index contributed by atoms with van der Waals surface area (Å²) in [7, 11) is 0. The lowest BCUT2D eigenvalue weighted by molar-refractivity contribution is 0.162. The summed E-state index contributed by atoms with van der Waals surface area (Å²) in [6.07, 6.45) is 5.98. The van der Waals surface area contributed by atoms with Crippen molar-refractivity contribution in [2.45, 2.75) is 60.3 Å². The van der Waals surface area contributed by atoms with Crippen molar-refractivity contribution >= 4 is 0 Å². The minimum absolute atomic E-state index is 1.04. The van der Waals surface area contributed by atoms with Gasteiger partial charge in [-0.15, -0.1) is 0 Å². The number of rotatable bonds is 2. The zero-order valence-corrected chi connectivity index (χ0v) is 10.7. The van der Waals surface area contributed by atoms with Crippen LogP contribution in [0.4, 0.5) is 0 Å². The van der Waals surface area contributed by atoms with E-state index in [2.05, 4.69) is 20.8 Å². The molecule has 2 bridgehead atoms. The van der Waals surface area contributed by atoms with Crippen molar-refractivity contribution in [3.05, 3.63) is 0 Å². The first-order chi connectivity index (χ1) is 6.77. The topological polar surface area (TPSA) is 0 Å². The van der Waals surface area contributed by atoms with Gasteiger partial charge in [0.2, 0.25) is 0 Å². The summed E-state index contributed by atoms with van der Waals surface area (Å²) in [5.74, 6) is 5.44. The lowest BCUT2D eigenvalue weighted by Crippen LogP contribution is -2.25. The smallest absolute Gasteiger partial charge is 0.0355 e. The van der Waals surface area contributed by atoms with Crippen molar-refractivity contribution in [1.82, 2.24) is 0 Å². The fourth-order valence-electron chi connectivity index (χ4n) is 4.19. The Morgan fingerprint density at radius 2 is 1.50 bits per heavy atom. The van der Waals surface area contributed by atoms with Crippen LogP contribution in [0.1, 0.15) is 60.3 Å². The maximum absolute atomic E-state index is 2.47. The van der Waals surface area contributed by atoms with Gasteiger partial charge < -0.3 is 0 Å². The van der Waals surface area contributed by atoms with Gasteiger partial charge in [0.25, 0.3) is 0 Å². The molecule has 0 amide bonds. The SMILES string of the molecule is CC.CCC1C2CC(C)C(C2)C1CC. The van der Waals surface area contributed by atoms with E-state index in [9.17, 15) is 0 Å². The van der Waals surface area contributed by atoms with Crippen LogP contribution >= 0.6 is 0 Å². The van der Waals surface area contributed by atoms with Gasteiger partial charge in [-0.05, 0) is 42.4 Å². The fraction of sp³-hybridized carbons (Fsp3) is 1.00. The van der Waals surface area contributed by atoms with Gasteiger partial charge in [0.05, 0.1) is 0 Å². The summed E-state index contributed by atoms with van der Waals surface area (Å²) in [5.41, 5.74) is 0. The van der Waals surface area contributed by atoms with Crippen LogP contribution < -0.4 is 0 Å². The molecule has 2 aliphatic rings. The average molecular weight is 196 g/mol. The van der Waals surface area contributed by atoms with E-state index >= 15 is 0 Å². The summed E-state index contributed by atoms with van der Waals surface area (Å²) < 4.78 is 0. The molecule has 0 heterocycles. The van der Waals surface area contributed by atoms with Crippen molar-refractivity contribution < 1.29 is 0 Å². The molecule has 2 fully saturated rings. The zero-order valence-electron chi connectivity index (χ0n) is 10.7. The first-order valence-electron chi connectivity index (χ1n) is 6.77. The average Bonchev–Trinajstić information content (AvgIpc) is 2.75. The predicted molar refractivity (Wildman–Crippen MR) is 64.3 cm³/mol. The van der Waals surface area contributed by atoms with E-state index in [-0.39, 0.29) is 0 Å². The van der Waals surface area contributed by atoms with Crippen LogP contribution in [0.25, 0.3) is 0 Å². The summed E-state index contributed by atoms with van der Waals surface area (Å²) in [6.45, 7) is 11.2. The monoisotopic (exact) mass is 196 g/mol. The summed E-state index contributed by atoms with van der Waals surface area (Å²) in [6, 6.07) is 0. The lowest BCUT2D eigenvalue weighted by atomic mass is 9.72. The molecule has 0 aromatic heterocycles. The van der Waals surface area contributed by atoms with E-state index in [1.165, 1.54) is 12.8 Å². The Balaban J connectivity index is 0.000000461. The van der Waals surface area contributed by atoms with Gasteiger partial charge in [-0.25, -0.2) is 0 Å². The minimum atomic E-state index is 1.04. The molecule has 0 aromatic rings.